The molecule has 3 aromatic rings. The van der Waals surface area contributed by atoms with Crippen LogP contribution in [0.3, 0.4) is 0 Å². The van der Waals surface area contributed by atoms with Crippen LogP contribution in [0.5, 0.6) is 0 Å². The summed E-state index contributed by atoms with van der Waals surface area (Å²) < 4.78 is 0. The molecule has 0 unspecified atom stereocenters. The summed E-state index contributed by atoms with van der Waals surface area (Å²) in [6, 6.07) is 22.1. The molecule has 0 fully saturated rings. The maximum atomic E-state index is 12.2. The lowest BCUT2D eigenvalue weighted by Crippen LogP contribution is -2.27. The maximum Gasteiger partial charge on any atom is 0.251 e. The molecular formula is C26H27N2O5P. The summed E-state index contributed by atoms with van der Waals surface area (Å²) in [7, 11) is -1.02. The quantitative estimate of drug-likeness (QED) is 0.257. The Hall–Kier alpha value is -3.38. The van der Waals surface area contributed by atoms with Crippen LogP contribution in [0.2, 0.25) is 0 Å². The fourth-order valence-corrected chi connectivity index (χ4v) is 5.60. The zero-order valence-corrected chi connectivity index (χ0v) is 19.7. The van der Waals surface area contributed by atoms with E-state index in [0.29, 0.717) is 16.7 Å². The molecule has 0 heterocycles. The van der Waals surface area contributed by atoms with Gasteiger partial charge in [0.1, 0.15) is 0 Å². The van der Waals surface area contributed by atoms with Gasteiger partial charge in [-0.1, -0.05) is 48.5 Å². The van der Waals surface area contributed by atoms with Gasteiger partial charge in [0.25, 0.3) is 11.8 Å². The number of ketones is 1. The smallest absolute Gasteiger partial charge is 0.251 e. The lowest BCUT2D eigenvalue weighted by Gasteiger charge is -2.20. The minimum absolute atomic E-state index is 0.00707. The van der Waals surface area contributed by atoms with Gasteiger partial charge < -0.3 is 20.8 Å². The Morgan fingerprint density at radius 2 is 0.941 bits per heavy atom. The van der Waals surface area contributed by atoms with Crippen molar-refractivity contribution in [1.29, 1.82) is 0 Å². The van der Waals surface area contributed by atoms with Crippen LogP contribution in [-0.4, -0.2) is 54.1 Å². The van der Waals surface area contributed by atoms with Gasteiger partial charge in [0.05, 0.1) is 13.2 Å². The van der Waals surface area contributed by atoms with Gasteiger partial charge in [-0.3, -0.25) is 14.4 Å². The number of benzene rings is 3. The topological polar surface area (TPSA) is 116 Å². The molecule has 0 saturated carbocycles. The molecule has 0 bridgehead atoms. The van der Waals surface area contributed by atoms with Crippen LogP contribution in [0.4, 0.5) is 0 Å². The van der Waals surface area contributed by atoms with Gasteiger partial charge in [0, 0.05) is 29.8 Å². The van der Waals surface area contributed by atoms with Crippen LogP contribution in [0.1, 0.15) is 38.0 Å². The Morgan fingerprint density at radius 1 is 0.618 bits per heavy atom. The summed E-state index contributed by atoms with van der Waals surface area (Å²) in [5, 5.41) is 26.1. The predicted molar refractivity (Wildman–Crippen MR) is 134 cm³/mol. The predicted octanol–water partition coefficient (Wildman–Crippen LogP) is 1.09. The standard InChI is InChI=1S/C26H27N2O5P/c1-18(31)19-2-8-22(9-3-19)34(23-10-4-20(5-11-23)25(32)27-14-16-29)24-12-6-21(7-13-24)26(33)28-15-17-30/h2-13,29-30H,14-17H2,1H3,(H,27,32)(H,28,33). The van der Waals surface area contributed by atoms with Crippen molar-refractivity contribution in [1.82, 2.24) is 10.6 Å². The number of carbonyl (C=O) groups excluding carboxylic acids is 3. The molecule has 3 aromatic carbocycles. The second-order valence-electron chi connectivity index (χ2n) is 7.49. The Morgan fingerprint density at radius 3 is 1.24 bits per heavy atom. The molecule has 4 N–H and O–H groups in total. The first-order valence-corrected chi connectivity index (χ1v) is 12.2. The van der Waals surface area contributed by atoms with Gasteiger partial charge in [-0.15, -0.1) is 0 Å². The van der Waals surface area contributed by atoms with E-state index in [2.05, 4.69) is 10.6 Å². The Labute approximate surface area is 199 Å². The van der Waals surface area contributed by atoms with Crippen LogP contribution in [0.25, 0.3) is 0 Å². The molecule has 0 radical (unpaired) electrons. The molecule has 0 saturated heterocycles. The molecule has 0 spiro atoms. The molecule has 0 aliphatic carbocycles. The molecule has 7 nitrogen and oxygen atoms in total. The highest BCUT2D eigenvalue weighted by atomic mass is 31.1. The SMILES string of the molecule is CC(=O)c1ccc(P(c2ccc(C(=O)NCCO)cc2)c2ccc(C(=O)NCCO)cc2)cc1. The summed E-state index contributed by atoms with van der Waals surface area (Å²) >= 11 is 0. The third-order valence-corrected chi connectivity index (χ3v) is 7.55. The Bertz CT molecular complexity index is 1070. The van der Waals surface area contributed by atoms with Gasteiger partial charge in [-0.2, -0.15) is 0 Å². The molecule has 176 valence electrons. The summed E-state index contributed by atoms with van der Waals surface area (Å²) in [5.41, 5.74) is 1.62. The van der Waals surface area contributed by atoms with Crippen molar-refractivity contribution in [2.24, 2.45) is 0 Å². The number of aliphatic hydroxyl groups is 2. The third kappa shape index (κ3) is 6.35. The van der Waals surface area contributed by atoms with Gasteiger partial charge >= 0.3 is 0 Å². The summed E-state index contributed by atoms with van der Waals surface area (Å²) in [6.45, 7) is 1.65. The van der Waals surface area contributed by atoms with E-state index in [9.17, 15) is 14.4 Å². The zero-order chi connectivity index (χ0) is 24.5. The molecule has 0 aliphatic heterocycles. The van der Waals surface area contributed by atoms with Crippen molar-refractivity contribution in [2.45, 2.75) is 6.92 Å². The molecular weight excluding hydrogens is 451 g/mol. The monoisotopic (exact) mass is 478 g/mol. The number of carbonyl (C=O) groups is 3. The summed E-state index contributed by atoms with van der Waals surface area (Å²) in [4.78, 5) is 36.1. The molecule has 0 aliphatic rings. The third-order valence-electron chi connectivity index (χ3n) is 5.10. The summed E-state index contributed by atoms with van der Waals surface area (Å²) in [5.74, 6) is -0.518. The van der Waals surface area contributed by atoms with Crippen molar-refractivity contribution in [3.05, 3.63) is 89.5 Å². The lowest BCUT2D eigenvalue weighted by molar-refractivity contribution is 0.0937. The highest BCUT2D eigenvalue weighted by Crippen LogP contribution is 2.33. The van der Waals surface area contributed by atoms with Gasteiger partial charge in [0.2, 0.25) is 0 Å². The van der Waals surface area contributed by atoms with Gasteiger partial charge in [0.15, 0.2) is 5.78 Å². The van der Waals surface area contributed by atoms with Crippen molar-refractivity contribution in [2.75, 3.05) is 26.3 Å². The van der Waals surface area contributed by atoms with Crippen molar-refractivity contribution >= 4 is 41.4 Å². The highest BCUT2D eigenvalue weighted by molar-refractivity contribution is 7.79. The molecule has 34 heavy (non-hydrogen) atoms. The zero-order valence-electron chi connectivity index (χ0n) is 18.8. The number of aliphatic hydroxyl groups excluding tert-OH is 2. The molecule has 2 amide bonds. The van der Waals surface area contributed by atoms with Crippen LogP contribution in [0.15, 0.2) is 72.8 Å². The first kappa shape index (κ1) is 25.2. The number of hydrogen-bond donors (Lipinski definition) is 4. The van der Waals surface area contributed by atoms with Crippen LogP contribution >= 0.6 is 7.92 Å². The number of Topliss-reactive ketones (excluding diaryl/α,β-unsaturated/α-hetero) is 1. The van der Waals surface area contributed by atoms with E-state index in [1.807, 2.05) is 36.4 Å². The summed E-state index contributed by atoms with van der Waals surface area (Å²) in [6.07, 6.45) is 0. The average molecular weight is 478 g/mol. The Kier molecular flexibility index (Phi) is 9.05. The first-order valence-electron chi connectivity index (χ1n) is 10.8. The second-order valence-corrected chi connectivity index (χ2v) is 9.71. The van der Waals surface area contributed by atoms with E-state index >= 15 is 0 Å². The number of amides is 2. The average Bonchev–Trinajstić information content (AvgIpc) is 2.87. The first-order chi connectivity index (χ1) is 16.4. The van der Waals surface area contributed by atoms with Crippen molar-refractivity contribution in [3.63, 3.8) is 0 Å². The van der Waals surface area contributed by atoms with Crippen LogP contribution in [0, 0.1) is 0 Å². The van der Waals surface area contributed by atoms with E-state index in [4.69, 9.17) is 10.2 Å². The van der Waals surface area contributed by atoms with Crippen LogP contribution in [-0.2, 0) is 0 Å². The van der Waals surface area contributed by atoms with Gasteiger partial charge in [-0.25, -0.2) is 0 Å². The highest BCUT2D eigenvalue weighted by Gasteiger charge is 2.18. The largest absolute Gasteiger partial charge is 0.395 e. The van der Waals surface area contributed by atoms with Crippen molar-refractivity contribution < 1.29 is 24.6 Å². The normalized spacial score (nSPS) is 10.7. The lowest BCUT2D eigenvalue weighted by atomic mass is 10.2. The van der Waals surface area contributed by atoms with E-state index < -0.39 is 7.92 Å². The van der Waals surface area contributed by atoms with Gasteiger partial charge in [-0.05, 0) is 55.0 Å². The van der Waals surface area contributed by atoms with E-state index in [1.165, 1.54) is 6.92 Å². The number of nitrogens with one attached hydrogen (secondary N) is 2. The van der Waals surface area contributed by atoms with E-state index in [1.54, 1.807) is 36.4 Å². The van der Waals surface area contributed by atoms with E-state index in [-0.39, 0.29) is 43.9 Å². The molecule has 8 heteroatoms. The van der Waals surface area contributed by atoms with Crippen LogP contribution < -0.4 is 26.5 Å². The van der Waals surface area contributed by atoms with E-state index in [0.717, 1.165) is 15.9 Å². The Balaban J connectivity index is 1.95. The van der Waals surface area contributed by atoms with Crippen molar-refractivity contribution in [3.8, 4) is 0 Å². The molecule has 3 rings (SSSR count). The second kappa shape index (κ2) is 12.2. The number of hydrogen-bond acceptors (Lipinski definition) is 5. The molecule has 0 atom stereocenters. The minimum Gasteiger partial charge on any atom is -0.395 e. The maximum absolute atomic E-state index is 12.2. The fourth-order valence-electron chi connectivity index (χ4n) is 3.36. The minimum atomic E-state index is -1.02. The fraction of sp³-hybridized carbons (Fsp3) is 0.192. The molecule has 0 aromatic heterocycles. The number of rotatable bonds is 10.